The fourth-order valence-corrected chi connectivity index (χ4v) is 3.51. The van der Waals surface area contributed by atoms with Crippen LogP contribution in [-0.4, -0.2) is 38.8 Å². The number of nitrogens with one attached hydrogen (secondary N) is 1. The number of carbonyl (C=O) groups excluding carboxylic acids is 1. The topological polar surface area (TPSA) is 71.0 Å². The van der Waals surface area contributed by atoms with Crippen LogP contribution in [0.4, 0.5) is 10.9 Å². The lowest BCUT2D eigenvalue weighted by Gasteiger charge is -2.16. The van der Waals surface area contributed by atoms with Crippen molar-refractivity contribution >= 4 is 28.2 Å². The zero-order valence-electron chi connectivity index (χ0n) is 13.7. The van der Waals surface area contributed by atoms with Crippen molar-refractivity contribution in [3.8, 4) is 0 Å². The lowest BCUT2D eigenvalue weighted by Crippen LogP contribution is -2.27. The molecule has 1 N–H and O–H groups in total. The third-order valence-corrected chi connectivity index (χ3v) is 4.80. The van der Waals surface area contributed by atoms with Crippen LogP contribution in [0.25, 0.3) is 0 Å². The summed E-state index contributed by atoms with van der Waals surface area (Å²) in [5, 5.41) is 4.08. The van der Waals surface area contributed by atoms with Gasteiger partial charge >= 0.3 is 0 Å². The summed E-state index contributed by atoms with van der Waals surface area (Å²) in [4.78, 5) is 28.3. The van der Waals surface area contributed by atoms with E-state index in [4.69, 9.17) is 0 Å². The molecule has 0 aromatic carbocycles. The number of hydrogen-bond donors (Lipinski definition) is 1. The van der Waals surface area contributed by atoms with Crippen LogP contribution in [0.1, 0.15) is 42.1 Å². The number of aryl methyl sites for hydroxylation is 2. The van der Waals surface area contributed by atoms with E-state index in [0.29, 0.717) is 6.42 Å². The molecule has 1 aliphatic heterocycles. The van der Waals surface area contributed by atoms with Gasteiger partial charge in [0, 0.05) is 42.6 Å². The summed E-state index contributed by atoms with van der Waals surface area (Å²) in [5.74, 6) is 2.00. The van der Waals surface area contributed by atoms with Crippen LogP contribution in [-0.2, 0) is 4.79 Å². The number of carbonyl (C=O) groups is 1. The van der Waals surface area contributed by atoms with Gasteiger partial charge in [-0.3, -0.25) is 4.79 Å². The standard InChI is InChI=1S/C16H21N5OS/c1-4-15(22)21-6-5-12(9-21)13-7-14(19-11(3)18-13)20-16-17-8-10(2)23-16/h7-8,12H,4-6,9H2,1-3H3,(H,17,18,19,20)/t12-/m0/s1. The first-order valence-corrected chi connectivity index (χ1v) is 8.69. The van der Waals surface area contributed by atoms with Crippen LogP contribution in [0.5, 0.6) is 0 Å². The number of nitrogens with zero attached hydrogens (tertiary/aromatic N) is 4. The van der Waals surface area contributed by atoms with Crippen molar-refractivity contribution in [2.75, 3.05) is 18.4 Å². The first-order chi connectivity index (χ1) is 11.0. The molecule has 0 saturated carbocycles. The minimum Gasteiger partial charge on any atom is -0.342 e. The normalized spacial score (nSPS) is 17.5. The summed E-state index contributed by atoms with van der Waals surface area (Å²) in [6, 6.07) is 1.98. The Morgan fingerprint density at radius 2 is 2.26 bits per heavy atom. The predicted molar refractivity (Wildman–Crippen MR) is 91.1 cm³/mol. The molecule has 23 heavy (non-hydrogen) atoms. The molecule has 0 bridgehead atoms. The second-order valence-electron chi connectivity index (χ2n) is 5.81. The van der Waals surface area contributed by atoms with Crippen LogP contribution in [0, 0.1) is 13.8 Å². The SMILES string of the molecule is CCC(=O)N1CC[C@H](c2cc(Nc3ncc(C)s3)nc(C)n2)C1. The third kappa shape index (κ3) is 3.67. The van der Waals surface area contributed by atoms with Gasteiger partial charge in [0.25, 0.3) is 0 Å². The molecule has 1 aliphatic rings. The Morgan fingerprint density at radius 1 is 1.43 bits per heavy atom. The molecule has 3 heterocycles. The smallest absolute Gasteiger partial charge is 0.222 e. The fraction of sp³-hybridized carbons (Fsp3) is 0.500. The van der Waals surface area contributed by atoms with Crippen molar-refractivity contribution < 1.29 is 4.79 Å². The molecule has 1 saturated heterocycles. The van der Waals surface area contributed by atoms with Gasteiger partial charge in [-0.05, 0) is 20.3 Å². The Labute approximate surface area is 140 Å². The molecule has 7 heteroatoms. The monoisotopic (exact) mass is 331 g/mol. The molecule has 1 amide bonds. The molecule has 0 unspecified atom stereocenters. The number of amides is 1. The van der Waals surface area contributed by atoms with E-state index in [0.717, 1.165) is 46.9 Å². The van der Waals surface area contributed by atoms with Crippen LogP contribution in [0.2, 0.25) is 0 Å². The van der Waals surface area contributed by atoms with E-state index in [1.807, 2.05) is 37.9 Å². The third-order valence-electron chi connectivity index (χ3n) is 3.98. The van der Waals surface area contributed by atoms with E-state index < -0.39 is 0 Å². The van der Waals surface area contributed by atoms with Crippen molar-refractivity contribution in [2.45, 2.75) is 39.5 Å². The zero-order valence-corrected chi connectivity index (χ0v) is 14.5. The quantitative estimate of drug-likeness (QED) is 0.932. The van der Waals surface area contributed by atoms with Gasteiger partial charge in [-0.15, -0.1) is 11.3 Å². The molecule has 3 rings (SSSR count). The van der Waals surface area contributed by atoms with E-state index in [1.54, 1.807) is 11.3 Å². The summed E-state index contributed by atoms with van der Waals surface area (Å²) >= 11 is 1.60. The van der Waals surface area contributed by atoms with E-state index in [-0.39, 0.29) is 11.8 Å². The molecule has 2 aromatic rings. The number of hydrogen-bond acceptors (Lipinski definition) is 6. The molecule has 122 valence electrons. The highest BCUT2D eigenvalue weighted by Crippen LogP contribution is 2.28. The Bertz CT molecular complexity index is 714. The summed E-state index contributed by atoms with van der Waals surface area (Å²) < 4.78 is 0. The molecule has 1 atom stereocenters. The maximum Gasteiger partial charge on any atom is 0.222 e. The van der Waals surface area contributed by atoms with Crippen LogP contribution >= 0.6 is 11.3 Å². The van der Waals surface area contributed by atoms with Gasteiger partial charge in [-0.1, -0.05) is 6.92 Å². The number of thiazole rings is 1. The van der Waals surface area contributed by atoms with Crippen molar-refractivity contribution in [3.63, 3.8) is 0 Å². The van der Waals surface area contributed by atoms with Gasteiger partial charge in [-0.2, -0.15) is 0 Å². The van der Waals surface area contributed by atoms with Crippen molar-refractivity contribution in [2.24, 2.45) is 0 Å². The first-order valence-electron chi connectivity index (χ1n) is 7.88. The number of anilines is 2. The summed E-state index contributed by atoms with van der Waals surface area (Å²) in [6.07, 6.45) is 3.36. The maximum absolute atomic E-state index is 11.8. The number of likely N-dealkylation sites (tertiary alicyclic amines) is 1. The van der Waals surface area contributed by atoms with Crippen LogP contribution < -0.4 is 5.32 Å². The Kier molecular flexibility index (Phi) is 4.56. The second-order valence-corrected chi connectivity index (χ2v) is 7.04. The minimum absolute atomic E-state index is 0.217. The van der Waals surface area contributed by atoms with Gasteiger partial charge in [0.2, 0.25) is 5.91 Å². The average molecular weight is 331 g/mol. The molecular weight excluding hydrogens is 310 g/mol. The van der Waals surface area contributed by atoms with E-state index in [9.17, 15) is 4.79 Å². The highest BCUT2D eigenvalue weighted by molar-refractivity contribution is 7.15. The largest absolute Gasteiger partial charge is 0.342 e. The number of rotatable bonds is 4. The van der Waals surface area contributed by atoms with Gasteiger partial charge in [-0.25, -0.2) is 15.0 Å². The molecular formula is C16H21N5OS. The van der Waals surface area contributed by atoms with Gasteiger partial charge < -0.3 is 10.2 Å². The summed E-state index contributed by atoms with van der Waals surface area (Å²) in [7, 11) is 0. The first kappa shape index (κ1) is 15.9. The van der Waals surface area contributed by atoms with Crippen LogP contribution in [0.3, 0.4) is 0 Å². The highest BCUT2D eigenvalue weighted by Gasteiger charge is 2.27. The van der Waals surface area contributed by atoms with E-state index >= 15 is 0 Å². The van der Waals surface area contributed by atoms with Crippen LogP contribution in [0.15, 0.2) is 12.3 Å². The Morgan fingerprint density at radius 3 is 2.96 bits per heavy atom. The van der Waals surface area contributed by atoms with E-state index in [1.165, 1.54) is 0 Å². The van der Waals surface area contributed by atoms with E-state index in [2.05, 4.69) is 20.3 Å². The Hall–Kier alpha value is -2.02. The summed E-state index contributed by atoms with van der Waals surface area (Å²) in [5.41, 5.74) is 1.000. The molecule has 6 nitrogen and oxygen atoms in total. The number of aromatic nitrogens is 3. The lowest BCUT2D eigenvalue weighted by atomic mass is 10.0. The molecule has 1 fully saturated rings. The summed E-state index contributed by atoms with van der Waals surface area (Å²) in [6.45, 7) is 7.39. The molecule has 2 aromatic heterocycles. The van der Waals surface area contributed by atoms with Gasteiger partial charge in [0.05, 0.1) is 5.69 Å². The second kappa shape index (κ2) is 6.62. The molecule has 0 spiro atoms. The average Bonchev–Trinajstić information content (AvgIpc) is 3.15. The van der Waals surface area contributed by atoms with Gasteiger partial charge in [0.15, 0.2) is 5.13 Å². The lowest BCUT2D eigenvalue weighted by molar-refractivity contribution is -0.129. The molecule has 0 radical (unpaired) electrons. The van der Waals surface area contributed by atoms with Crippen molar-refractivity contribution in [1.29, 1.82) is 0 Å². The molecule has 0 aliphatic carbocycles. The zero-order chi connectivity index (χ0) is 16.4. The minimum atomic E-state index is 0.217. The fourth-order valence-electron chi connectivity index (χ4n) is 2.84. The maximum atomic E-state index is 11.8. The highest BCUT2D eigenvalue weighted by atomic mass is 32.1. The predicted octanol–water partition coefficient (Wildman–Crippen LogP) is 3.02. The van der Waals surface area contributed by atoms with Crippen molar-refractivity contribution in [1.82, 2.24) is 19.9 Å². The van der Waals surface area contributed by atoms with Crippen molar-refractivity contribution in [3.05, 3.63) is 28.7 Å². The van der Waals surface area contributed by atoms with Gasteiger partial charge in [0.1, 0.15) is 11.6 Å². The Balaban J connectivity index is 1.77.